The molecule has 0 atom stereocenters. The van der Waals surface area contributed by atoms with Crippen LogP contribution in [-0.2, 0) is 11.2 Å². The van der Waals surface area contributed by atoms with Gasteiger partial charge in [-0.25, -0.2) is 8.78 Å². The first-order valence-corrected chi connectivity index (χ1v) is 6.30. The number of amides is 1. The summed E-state index contributed by atoms with van der Waals surface area (Å²) in [5.74, 6) is -1.67. The van der Waals surface area contributed by atoms with Crippen molar-refractivity contribution in [3.63, 3.8) is 0 Å². The number of hydrogen-bond donors (Lipinski definition) is 1. The molecular weight excluding hydrogens is 256 g/mol. The predicted octanol–water partition coefficient (Wildman–Crippen LogP) is 3.60. The lowest BCUT2D eigenvalue weighted by atomic mass is 10.2. The number of carbonyl (C=O) groups excluding carboxylic acids is 1. The molecule has 0 radical (unpaired) electrons. The molecular formula is C13H11F2NOS. The molecule has 0 aliphatic heterocycles. The van der Waals surface area contributed by atoms with E-state index < -0.39 is 11.6 Å². The van der Waals surface area contributed by atoms with Crippen molar-refractivity contribution < 1.29 is 13.6 Å². The fourth-order valence-electron chi connectivity index (χ4n) is 1.54. The van der Waals surface area contributed by atoms with Crippen molar-refractivity contribution in [2.45, 2.75) is 12.8 Å². The van der Waals surface area contributed by atoms with Crippen LogP contribution in [0, 0.1) is 11.6 Å². The van der Waals surface area contributed by atoms with E-state index in [0.29, 0.717) is 12.8 Å². The van der Waals surface area contributed by atoms with Gasteiger partial charge in [0.2, 0.25) is 5.91 Å². The van der Waals surface area contributed by atoms with E-state index in [9.17, 15) is 13.6 Å². The van der Waals surface area contributed by atoms with Gasteiger partial charge in [0.25, 0.3) is 0 Å². The van der Waals surface area contributed by atoms with Crippen molar-refractivity contribution in [3.05, 3.63) is 52.2 Å². The summed E-state index contributed by atoms with van der Waals surface area (Å²) in [5, 5.41) is 4.41. The van der Waals surface area contributed by atoms with Gasteiger partial charge in [-0.05, 0) is 30.0 Å². The number of aryl methyl sites for hydroxylation is 1. The highest BCUT2D eigenvalue weighted by atomic mass is 32.1. The van der Waals surface area contributed by atoms with Gasteiger partial charge >= 0.3 is 0 Å². The summed E-state index contributed by atoms with van der Waals surface area (Å²) >= 11 is 1.58. The molecule has 2 aromatic rings. The molecule has 0 unspecified atom stereocenters. The highest BCUT2D eigenvalue weighted by Gasteiger charge is 2.06. The number of halogens is 2. The summed E-state index contributed by atoms with van der Waals surface area (Å²) in [5.41, 5.74) is 0.142. The monoisotopic (exact) mass is 267 g/mol. The lowest BCUT2D eigenvalue weighted by Gasteiger charge is -2.05. The third-order valence-corrected chi connectivity index (χ3v) is 3.26. The zero-order valence-electron chi connectivity index (χ0n) is 9.45. The van der Waals surface area contributed by atoms with Crippen molar-refractivity contribution in [2.75, 3.05) is 5.32 Å². The van der Waals surface area contributed by atoms with Crippen LogP contribution in [0.3, 0.4) is 0 Å². The molecule has 0 saturated heterocycles. The van der Waals surface area contributed by atoms with Crippen molar-refractivity contribution >= 4 is 22.9 Å². The van der Waals surface area contributed by atoms with Crippen LogP contribution in [0.5, 0.6) is 0 Å². The molecule has 0 spiro atoms. The van der Waals surface area contributed by atoms with Crippen LogP contribution in [0.25, 0.3) is 0 Å². The van der Waals surface area contributed by atoms with Crippen LogP contribution in [0.4, 0.5) is 14.5 Å². The topological polar surface area (TPSA) is 29.1 Å². The third kappa shape index (κ3) is 3.63. The molecule has 0 aliphatic carbocycles. The Morgan fingerprint density at radius 3 is 2.56 bits per heavy atom. The third-order valence-electron chi connectivity index (χ3n) is 2.32. The van der Waals surface area contributed by atoms with Gasteiger partial charge in [-0.2, -0.15) is 0 Å². The first kappa shape index (κ1) is 12.7. The molecule has 1 aromatic carbocycles. The molecule has 2 rings (SSSR count). The van der Waals surface area contributed by atoms with E-state index in [1.807, 2.05) is 17.5 Å². The summed E-state index contributed by atoms with van der Waals surface area (Å²) in [6, 6.07) is 6.80. The van der Waals surface area contributed by atoms with Crippen LogP contribution < -0.4 is 5.32 Å². The minimum atomic E-state index is -0.705. The van der Waals surface area contributed by atoms with Gasteiger partial charge in [-0.3, -0.25) is 4.79 Å². The lowest BCUT2D eigenvalue weighted by Crippen LogP contribution is -2.12. The van der Waals surface area contributed by atoms with Crippen molar-refractivity contribution in [2.24, 2.45) is 0 Å². The highest BCUT2D eigenvalue weighted by Crippen LogP contribution is 2.14. The Morgan fingerprint density at radius 2 is 1.94 bits per heavy atom. The number of benzene rings is 1. The largest absolute Gasteiger partial charge is 0.326 e. The predicted molar refractivity (Wildman–Crippen MR) is 67.6 cm³/mol. The fourth-order valence-corrected chi connectivity index (χ4v) is 2.25. The molecule has 94 valence electrons. The van der Waals surface area contributed by atoms with E-state index in [1.54, 1.807) is 11.3 Å². The van der Waals surface area contributed by atoms with Crippen molar-refractivity contribution in [1.29, 1.82) is 0 Å². The molecule has 0 fully saturated rings. The smallest absolute Gasteiger partial charge is 0.224 e. The molecule has 18 heavy (non-hydrogen) atoms. The summed E-state index contributed by atoms with van der Waals surface area (Å²) in [6.07, 6.45) is 0.917. The van der Waals surface area contributed by atoms with E-state index in [4.69, 9.17) is 0 Å². The maximum atomic E-state index is 12.9. The van der Waals surface area contributed by atoms with Crippen LogP contribution in [-0.4, -0.2) is 5.91 Å². The Balaban J connectivity index is 1.90. The Bertz CT molecular complexity index is 520. The molecule has 1 amide bonds. The SMILES string of the molecule is O=C(CCc1cccs1)Nc1cc(F)cc(F)c1. The van der Waals surface area contributed by atoms with Gasteiger partial charge < -0.3 is 5.32 Å². The van der Waals surface area contributed by atoms with Gasteiger partial charge in [-0.1, -0.05) is 6.07 Å². The second kappa shape index (κ2) is 5.73. The molecule has 1 heterocycles. The molecule has 0 saturated carbocycles. The van der Waals surface area contributed by atoms with Crippen LogP contribution in [0.15, 0.2) is 35.7 Å². The fraction of sp³-hybridized carbons (Fsp3) is 0.154. The summed E-state index contributed by atoms with van der Waals surface area (Å²) < 4.78 is 25.8. The summed E-state index contributed by atoms with van der Waals surface area (Å²) in [4.78, 5) is 12.7. The Hall–Kier alpha value is -1.75. The number of carbonyl (C=O) groups is 1. The first-order valence-electron chi connectivity index (χ1n) is 5.42. The standard InChI is InChI=1S/C13H11F2NOS/c14-9-6-10(15)8-11(7-9)16-13(17)4-3-12-2-1-5-18-12/h1-2,5-8H,3-4H2,(H,16,17). The van der Waals surface area contributed by atoms with E-state index in [2.05, 4.69) is 5.32 Å². The molecule has 1 aromatic heterocycles. The number of rotatable bonds is 4. The van der Waals surface area contributed by atoms with Crippen molar-refractivity contribution in [1.82, 2.24) is 0 Å². The van der Waals surface area contributed by atoms with Gasteiger partial charge in [0.05, 0.1) is 0 Å². The van der Waals surface area contributed by atoms with Gasteiger partial charge in [0.15, 0.2) is 0 Å². The quantitative estimate of drug-likeness (QED) is 0.901. The highest BCUT2D eigenvalue weighted by molar-refractivity contribution is 7.09. The Labute approximate surface area is 107 Å². The maximum Gasteiger partial charge on any atom is 0.224 e. The normalized spacial score (nSPS) is 10.3. The average molecular weight is 267 g/mol. The van der Waals surface area contributed by atoms with Crippen LogP contribution >= 0.6 is 11.3 Å². The van der Waals surface area contributed by atoms with E-state index >= 15 is 0 Å². The second-order valence-corrected chi connectivity index (χ2v) is 4.82. The number of thiophene rings is 1. The first-order chi connectivity index (χ1) is 8.63. The Morgan fingerprint density at radius 1 is 1.22 bits per heavy atom. The zero-order chi connectivity index (χ0) is 13.0. The summed E-state index contributed by atoms with van der Waals surface area (Å²) in [7, 11) is 0. The molecule has 5 heteroatoms. The van der Waals surface area contributed by atoms with Gasteiger partial charge in [-0.15, -0.1) is 11.3 Å². The minimum Gasteiger partial charge on any atom is -0.326 e. The van der Waals surface area contributed by atoms with Crippen molar-refractivity contribution in [3.8, 4) is 0 Å². The number of hydrogen-bond acceptors (Lipinski definition) is 2. The molecule has 1 N–H and O–H groups in total. The van der Waals surface area contributed by atoms with Gasteiger partial charge in [0, 0.05) is 23.1 Å². The van der Waals surface area contributed by atoms with E-state index in [0.717, 1.165) is 23.1 Å². The van der Waals surface area contributed by atoms with Crippen LogP contribution in [0.2, 0.25) is 0 Å². The maximum absolute atomic E-state index is 12.9. The van der Waals surface area contributed by atoms with Gasteiger partial charge in [0.1, 0.15) is 11.6 Å². The number of anilines is 1. The van der Waals surface area contributed by atoms with E-state index in [-0.39, 0.29) is 11.6 Å². The average Bonchev–Trinajstić information content (AvgIpc) is 2.77. The number of nitrogens with one attached hydrogen (secondary N) is 1. The Kier molecular flexibility index (Phi) is 4.04. The second-order valence-electron chi connectivity index (χ2n) is 3.79. The lowest BCUT2D eigenvalue weighted by molar-refractivity contribution is -0.116. The van der Waals surface area contributed by atoms with E-state index in [1.165, 1.54) is 0 Å². The summed E-state index contributed by atoms with van der Waals surface area (Å²) in [6.45, 7) is 0. The molecule has 0 bridgehead atoms. The van der Waals surface area contributed by atoms with Crippen LogP contribution in [0.1, 0.15) is 11.3 Å². The minimum absolute atomic E-state index is 0.142. The zero-order valence-corrected chi connectivity index (χ0v) is 10.3. The molecule has 2 nitrogen and oxygen atoms in total. The molecule has 0 aliphatic rings.